The average molecular weight is 413 g/mol. The third kappa shape index (κ3) is 5.14. The van der Waals surface area contributed by atoms with Gasteiger partial charge in [-0.25, -0.2) is 4.79 Å². The van der Waals surface area contributed by atoms with Gasteiger partial charge in [0.05, 0.1) is 26.9 Å². The summed E-state index contributed by atoms with van der Waals surface area (Å²) in [5.74, 6) is 1.98. The molecule has 0 aromatic heterocycles. The quantitative estimate of drug-likeness (QED) is 0.695. The number of benzene rings is 2. The van der Waals surface area contributed by atoms with Gasteiger partial charge in [0.2, 0.25) is 5.91 Å². The summed E-state index contributed by atoms with van der Waals surface area (Å²) in [6.45, 7) is 3.18. The smallest absolute Gasteiger partial charge is 0.315 e. The van der Waals surface area contributed by atoms with Gasteiger partial charge in [-0.3, -0.25) is 4.79 Å². The van der Waals surface area contributed by atoms with Crippen LogP contribution in [0.25, 0.3) is 0 Å². The van der Waals surface area contributed by atoms with Crippen molar-refractivity contribution in [1.82, 2.24) is 10.6 Å². The topological polar surface area (TPSA) is 89.1 Å². The number of amides is 3. The Bertz CT molecular complexity index is 885. The number of nitrogens with zero attached hydrogens (tertiary/aromatic N) is 1. The lowest BCUT2D eigenvalue weighted by Gasteiger charge is -2.18. The minimum atomic E-state index is -0.321. The van der Waals surface area contributed by atoms with Crippen molar-refractivity contribution in [3.05, 3.63) is 48.0 Å². The highest BCUT2D eigenvalue weighted by atomic mass is 16.5. The molecule has 0 spiro atoms. The zero-order valence-corrected chi connectivity index (χ0v) is 17.4. The van der Waals surface area contributed by atoms with Gasteiger partial charge >= 0.3 is 6.03 Å². The second-order valence-electron chi connectivity index (χ2n) is 6.85. The van der Waals surface area contributed by atoms with Gasteiger partial charge in [0.15, 0.2) is 11.5 Å². The van der Waals surface area contributed by atoms with Crippen molar-refractivity contribution in [1.29, 1.82) is 0 Å². The van der Waals surface area contributed by atoms with Crippen molar-refractivity contribution in [2.75, 3.05) is 32.3 Å². The van der Waals surface area contributed by atoms with Crippen LogP contribution in [0.4, 0.5) is 10.5 Å². The fourth-order valence-electron chi connectivity index (χ4n) is 3.33. The van der Waals surface area contributed by atoms with Gasteiger partial charge in [-0.15, -0.1) is 0 Å². The van der Waals surface area contributed by atoms with Gasteiger partial charge in [-0.05, 0) is 48.9 Å². The number of carbonyl (C=O) groups is 2. The first-order valence-electron chi connectivity index (χ1n) is 9.82. The molecule has 1 aliphatic rings. The fraction of sp³-hybridized carbons (Fsp3) is 0.364. The Morgan fingerprint density at radius 2 is 1.87 bits per heavy atom. The lowest BCUT2D eigenvalue weighted by molar-refractivity contribution is -0.117. The number of nitrogens with one attached hydrogen (secondary N) is 2. The number of methoxy groups -OCH3 is 2. The number of ether oxygens (including phenoxy) is 3. The van der Waals surface area contributed by atoms with Crippen molar-refractivity contribution in [3.63, 3.8) is 0 Å². The van der Waals surface area contributed by atoms with E-state index in [4.69, 9.17) is 14.2 Å². The van der Waals surface area contributed by atoms with E-state index in [0.717, 1.165) is 17.0 Å². The van der Waals surface area contributed by atoms with E-state index in [9.17, 15) is 9.59 Å². The molecule has 1 heterocycles. The minimum absolute atomic E-state index is 0.0259. The number of hydrogen-bond donors (Lipinski definition) is 2. The normalized spacial score (nSPS) is 15.6. The summed E-state index contributed by atoms with van der Waals surface area (Å²) in [4.78, 5) is 26.3. The number of urea groups is 1. The Labute approximate surface area is 176 Å². The monoisotopic (exact) mass is 413 g/mol. The van der Waals surface area contributed by atoms with Crippen LogP contribution in [0.2, 0.25) is 0 Å². The van der Waals surface area contributed by atoms with Crippen molar-refractivity contribution >= 4 is 17.6 Å². The van der Waals surface area contributed by atoms with Gasteiger partial charge in [-0.2, -0.15) is 0 Å². The first kappa shape index (κ1) is 21.3. The molecule has 8 heteroatoms. The van der Waals surface area contributed by atoms with Gasteiger partial charge < -0.3 is 29.7 Å². The highest BCUT2D eigenvalue weighted by molar-refractivity contribution is 5.96. The first-order valence-corrected chi connectivity index (χ1v) is 9.82. The van der Waals surface area contributed by atoms with Crippen LogP contribution < -0.4 is 29.7 Å². The van der Waals surface area contributed by atoms with Crippen LogP contribution in [0.5, 0.6) is 17.2 Å². The Balaban J connectivity index is 1.53. The van der Waals surface area contributed by atoms with E-state index in [1.165, 1.54) is 0 Å². The molecular formula is C22H27N3O5. The van der Waals surface area contributed by atoms with Crippen LogP contribution in [0.15, 0.2) is 42.5 Å². The number of carbonyl (C=O) groups excluding carboxylic acids is 2. The van der Waals surface area contributed by atoms with Crippen LogP contribution in [0.3, 0.4) is 0 Å². The van der Waals surface area contributed by atoms with Crippen molar-refractivity contribution in [3.8, 4) is 17.2 Å². The predicted octanol–water partition coefficient (Wildman–Crippen LogP) is 2.71. The molecule has 0 radical (unpaired) electrons. The van der Waals surface area contributed by atoms with E-state index in [2.05, 4.69) is 10.6 Å². The van der Waals surface area contributed by atoms with Crippen LogP contribution in [-0.2, 0) is 11.3 Å². The summed E-state index contributed by atoms with van der Waals surface area (Å²) in [6, 6.07) is 12.2. The van der Waals surface area contributed by atoms with Gasteiger partial charge in [-0.1, -0.05) is 6.07 Å². The Morgan fingerprint density at radius 3 is 2.53 bits per heavy atom. The average Bonchev–Trinajstić information content (AvgIpc) is 3.12. The molecule has 2 aromatic rings. The summed E-state index contributed by atoms with van der Waals surface area (Å²) in [7, 11) is 3.18. The Morgan fingerprint density at radius 1 is 1.10 bits per heavy atom. The Hall–Kier alpha value is -3.42. The molecule has 3 rings (SSSR count). The first-order chi connectivity index (χ1) is 14.5. The SMILES string of the molecule is CCOc1cc(CNC(=O)N[C@H]2CC(=O)N(c3ccc(OC)cc3)C2)ccc1OC. The van der Waals surface area contributed by atoms with E-state index in [-0.39, 0.29) is 24.4 Å². The second-order valence-corrected chi connectivity index (χ2v) is 6.85. The van der Waals surface area contributed by atoms with E-state index in [0.29, 0.717) is 31.2 Å². The van der Waals surface area contributed by atoms with Crippen LogP contribution in [-0.4, -0.2) is 45.4 Å². The Kier molecular flexibility index (Phi) is 7.00. The second kappa shape index (κ2) is 9.87. The summed E-state index contributed by atoms with van der Waals surface area (Å²) < 4.78 is 16.0. The largest absolute Gasteiger partial charge is 0.497 e. The number of rotatable bonds is 8. The van der Waals surface area contributed by atoms with E-state index >= 15 is 0 Å². The maximum atomic E-state index is 12.4. The van der Waals surface area contributed by atoms with Gasteiger partial charge in [0.1, 0.15) is 5.75 Å². The molecule has 1 atom stereocenters. The molecule has 2 N–H and O–H groups in total. The molecular weight excluding hydrogens is 386 g/mol. The maximum absolute atomic E-state index is 12.4. The molecule has 3 amide bonds. The zero-order valence-electron chi connectivity index (χ0n) is 17.4. The van der Waals surface area contributed by atoms with Gasteiger partial charge in [0, 0.05) is 25.2 Å². The molecule has 1 aliphatic heterocycles. The molecule has 1 saturated heterocycles. The van der Waals surface area contributed by atoms with Crippen molar-refractivity contribution in [2.24, 2.45) is 0 Å². The lowest BCUT2D eigenvalue weighted by atomic mass is 10.2. The summed E-state index contributed by atoms with van der Waals surface area (Å²) in [5, 5.41) is 5.70. The van der Waals surface area contributed by atoms with Crippen LogP contribution in [0, 0.1) is 0 Å². The molecule has 30 heavy (non-hydrogen) atoms. The highest BCUT2D eigenvalue weighted by Crippen LogP contribution is 2.28. The van der Waals surface area contributed by atoms with Crippen molar-refractivity contribution in [2.45, 2.75) is 25.9 Å². The molecule has 0 unspecified atom stereocenters. The third-order valence-corrected chi connectivity index (χ3v) is 4.83. The lowest BCUT2D eigenvalue weighted by Crippen LogP contribution is -2.43. The van der Waals surface area contributed by atoms with Gasteiger partial charge in [0.25, 0.3) is 0 Å². The molecule has 1 fully saturated rings. The molecule has 160 valence electrons. The third-order valence-electron chi connectivity index (χ3n) is 4.83. The maximum Gasteiger partial charge on any atom is 0.315 e. The molecule has 8 nitrogen and oxygen atoms in total. The molecule has 0 bridgehead atoms. The summed E-state index contributed by atoms with van der Waals surface area (Å²) in [5.41, 5.74) is 1.67. The van der Waals surface area contributed by atoms with E-state index in [1.54, 1.807) is 31.3 Å². The molecule has 2 aromatic carbocycles. The van der Waals surface area contributed by atoms with Crippen molar-refractivity contribution < 1.29 is 23.8 Å². The standard InChI is InChI=1S/C22H27N3O5/c1-4-30-20-11-15(5-10-19(20)29-3)13-23-22(27)24-16-12-21(26)25(14-16)17-6-8-18(28-2)9-7-17/h5-11,16H,4,12-14H2,1-3H3,(H2,23,24,27)/t16-/m0/s1. The highest BCUT2D eigenvalue weighted by Gasteiger charge is 2.31. The summed E-state index contributed by atoms with van der Waals surface area (Å²) >= 11 is 0. The fourth-order valence-corrected chi connectivity index (χ4v) is 3.33. The minimum Gasteiger partial charge on any atom is -0.497 e. The zero-order chi connectivity index (χ0) is 21.5. The van der Waals surface area contributed by atoms with E-state index < -0.39 is 0 Å². The number of anilines is 1. The van der Waals surface area contributed by atoms with Crippen LogP contribution >= 0.6 is 0 Å². The van der Waals surface area contributed by atoms with Crippen LogP contribution in [0.1, 0.15) is 18.9 Å². The molecule has 0 aliphatic carbocycles. The number of hydrogen-bond acceptors (Lipinski definition) is 5. The molecule has 0 saturated carbocycles. The van der Waals surface area contributed by atoms with E-state index in [1.807, 2.05) is 37.3 Å². The summed E-state index contributed by atoms with van der Waals surface area (Å²) in [6.07, 6.45) is 0.260. The predicted molar refractivity (Wildman–Crippen MR) is 113 cm³/mol.